The third kappa shape index (κ3) is 5.58. The first-order valence-corrected chi connectivity index (χ1v) is 12.0. The van der Waals surface area contributed by atoms with Crippen molar-refractivity contribution < 1.29 is 23.9 Å². The number of cyclic esters (lactones) is 1. The maximum absolute atomic E-state index is 12.5. The van der Waals surface area contributed by atoms with Crippen LogP contribution < -0.4 is 9.47 Å². The van der Waals surface area contributed by atoms with Crippen LogP contribution in [-0.2, 0) is 16.1 Å². The SMILES string of the molecule is CCOc1cc(/C=C2\N=C(c3cccc([N+](=O)[O-])c3C)OC2=O)cc(Br)c1OCc1cccc(Cl)c1. The third-order valence-electron chi connectivity index (χ3n) is 5.26. The van der Waals surface area contributed by atoms with E-state index < -0.39 is 10.9 Å². The summed E-state index contributed by atoms with van der Waals surface area (Å²) in [5.41, 5.74) is 2.23. The molecular weight excluding hydrogens is 552 g/mol. The van der Waals surface area contributed by atoms with Gasteiger partial charge in [0, 0.05) is 22.2 Å². The lowest BCUT2D eigenvalue weighted by Crippen LogP contribution is -2.08. The monoisotopic (exact) mass is 570 g/mol. The fraction of sp³-hybridized carbons (Fsp3) is 0.154. The molecule has 0 atom stereocenters. The van der Waals surface area contributed by atoms with E-state index in [0.717, 1.165) is 5.56 Å². The van der Waals surface area contributed by atoms with E-state index in [0.29, 0.717) is 44.3 Å². The average molecular weight is 572 g/mol. The third-order valence-corrected chi connectivity index (χ3v) is 6.08. The summed E-state index contributed by atoms with van der Waals surface area (Å²) in [5, 5.41) is 11.9. The molecule has 184 valence electrons. The number of ether oxygens (including phenoxy) is 3. The Balaban J connectivity index is 1.64. The number of esters is 1. The van der Waals surface area contributed by atoms with E-state index in [1.165, 1.54) is 12.1 Å². The van der Waals surface area contributed by atoms with Crippen LogP contribution in [0.2, 0.25) is 5.02 Å². The number of aliphatic imine (C=N–C) groups is 1. The van der Waals surface area contributed by atoms with Crippen molar-refractivity contribution in [3.8, 4) is 11.5 Å². The summed E-state index contributed by atoms with van der Waals surface area (Å²) in [4.78, 5) is 27.6. The number of carbonyl (C=O) groups excluding carboxylic acids is 1. The molecule has 0 unspecified atom stereocenters. The number of nitrogens with zero attached hydrogens (tertiary/aromatic N) is 2. The van der Waals surface area contributed by atoms with Gasteiger partial charge in [0.25, 0.3) is 5.69 Å². The first kappa shape index (κ1) is 25.4. The summed E-state index contributed by atoms with van der Waals surface area (Å²) in [6.45, 7) is 4.11. The molecule has 1 aliphatic heterocycles. The molecule has 0 saturated heterocycles. The van der Waals surface area contributed by atoms with Gasteiger partial charge in [-0.1, -0.05) is 29.8 Å². The number of rotatable bonds is 8. The molecule has 0 bridgehead atoms. The first-order valence-electron chi connectivity index (χ1n) is 10.9. The van der Waals surface area contributed by atoms with Crippen LogP contribution in [-0.4, -0.2) is 23.4 Å². The minimum atomic E-state index is -0.661. The van der Waals surface area contributed by atoms with Crippen molar-refractivity contribution in [1.82, 2.24) is 0 Å². The van der Waals surface area contributed by atoms with Gasteiger partial charge in [-0.3, -0.25) is 10.1 Å². The topological polar surface area (TPSA) is 100 Å². The molecule has 0 radical (unpaired) electrons. The van der Waals surface area contributed by atoms with E-state index in [1.807, 2.05) is 25.1 Å². The fourth-order valence-corrected chi connectivity index (χ4v) is 4.38. The summed E-state index contributed by atoms with van der Waals surface area (Å²) in [7, 11) is 0. The summed E-state index contributed by atoms with van der Waals surface area (Å²) in [6.07, 6.45) is 1.55. The van der Waals surface area contributed by atoms with Gasteiger partial charge in [0.15, 0.2) is 17.2 Å². The van der Waals surface area contributed by atoms with E-state index in [1.54, 1.807) is 37.3 Å². The number of nitro benzene ring substituents is 1. The molecule has 10 heteroatoms. The zero-order valence-corrected chi connectivity index (χ0v) is 21.6. The highest BCUT2D eigenvalue weighted by Gasteiger charge is 2.27. The van der Waals surface area contributed by atoms with Crippen LogP contribution in [0.25, 0.3) is 6.08 Å². The van der Waals surface area contributed by atoms with Crippen LogP contribution in [0.15, 0.2) is 69.8 Å². The lowest BCUT2D eigenvalue weighted by molar-refractivity contribution is -0.385. The zero-order chi connectivity index (χ0) is 25.8. The average Bonchev–Trinajstić information content (AvgIpc) is 3.18. The number of halogens is 2. The van der Waals surface area contributed by atoms with Gasteiger partial charge in [-0.25, -0.2) is 9.79 Å². The number of benzene rings is 3. The molecule has 0 fully saturated rings. The van der Waals surface area contributed by atoms with Crippen molar-refractivity contribution in [2.24, 2.45) is 4.99 Å². The van der Waals surface area contributed by atoms with Crippen molar-refractivity contribution in [2.45, 2.75) is 20.5 Å². The number of hydrogen-bond donors (Lipinski definition) is 0. The predicted molar refractivity (Wildman–Crippen MR) is 140 cm³/mol. The van der Waals surface area contributed by atoms with Crippen LogP contribution >= 0.6 is 27.5 Å². The molecule has 3 aromatic rings. The van der Waals surface area contributed by atoms with E-state index >= 15 is 0 Å². The molecular formula is C26H20BrClN2O6. The second-order valence-corrected chi connectivity index (χ2v) is 9.02. The highest BCUT2D eigenvalue weighted by Crippen LogP contribution is 2.38. The summed E-state index contributed by atoms with van der Waals surface area (Å²) in [5.74, 6) is 0.333. The highest BCUT2D eigenvalue weighted by atomic mass is 79.9. The highest BCUT2D eigenvalue weighted by molar-refractivity contribution is 9.10. The first-order chi connectivity index (χ1) is 17.3. The fourth-order valence-electron chi connectivity index (χ4n) is 3.59. The van der Waals surface area contributed by atoms with Gasteiger partial charge in [0.2, 0.25) is 5.90 Å². The van der Waals surface area contributed by atoms with Crippen molar-refractivity contribution in [3.05, 3.63) is 102 Å². The number of hydrogen-bond acceptors (Lipinski definition) is 7. The van der Waals surface area contributed by atoms with Crippen LogP contribution in [0.1, 0.15) is 29.2 Å². The van der Waals surface area contributed by atoms with Gasteiger partial charge in [-0.15, -0.1) is 0 Å². The minimum Gasteiger partial charge on any atom is -0.490 e. The van der Waals surface area contributed by atoms with Crippen molar-refractivity contribution >= 4 is 51.2 Å². The summed E-state index contributed by atoms with van der Waals surface area (Å²) >= 11 is 9.58. The molecule has 0 spiro atoms. The normalized spacial score (nSPS) is 13.9. The molecule has 0 saturated carbocycles. The quantitative estimate of drug-likeness (QED) is 0.130. The number of carbonyl (C=O) groups is 1. The van der Waals surface area contributed by atoms with Gasteiger partial charge in [0.05, 0.1) is 16.0 Å². The Bertz CT molecular complexity index is 1420. The van der Waals surface area contributed by atoms with E-state index in [9.17, 15) is 14.9 Å². The maximum Gasteiger partial charge on any atom is 0.363 e. The Kier molecular flexibility index (Phi) is 7.71. The Morgan fingerprint density at radius 2 is 1.94 bits per heavy atom. The van der Waals surface area contributed by atoms with Crippen molar-refractivity contribution in [2.75, 3.05) is 6.61 Å². The van der Waals surface area contributed by atoms with Crippen LogP contribution in [0.5, 0.6) is 11.5 Å². The van der Waals surface area contributed by atoms with Crippen LogP contribution in [0, 0.1) is 17.0 Å². The second kappa shape index (κ2) is 10.9. The molecule has 0 aliphatic carbocycles. The van der Waals surface area contributed by atoms with Crippen molar-refractivity contribution in [1.29, 1.82) is 0 Å². The van der Waals surface area contributed by atoms with E-state index in [4.69, 9.17) is 25.8 Å². The lowest BCUT2D eigenvalue weighted by atomic mass is 10.1. The van der Waals surface area contributed by atoms with Gasteiger partial charge >= 0.3 is 5.97 Å². The molecule has 3 aromatic carbocycles. The lowest BCUT2D eigenvalue weighted by Gasteiger charge is -2.15. The van der Waals surface area contributed by atoms with E-state index in [2.05, 4.69) is 20.9 Å². The Labute approximate surface area is 220 Å². The predicted octanol–water partition coefficient (Wildman–Crippen LogP) is 6.64. The largest absolute Gasteiger partial charge is 0.490 e. The Morgan fingerprint density at radius 3 is 2.67 bits per heavy atom. The summed E-state index contributed by atoms with van der Waals surface area (Å²) < 4.78 is 17.7. The molecule has 8 nitrogen and oxygen atoms in total. The summed E-state index contributed by atoms with van der Waals surface area (Å²) in [6, 6.07) is 15.4. The van der Waals surface area contributed by atoms with Gasteiger partial charge in [0.1, 0.15) is 6.61 Å². The Morgan fingerprint density at radius 1 is 1.17 bits per heavy atom. The maximum atomic E-state index is 12.5. The molecule has 4 rings (SSSR count). The second-order valence-electron chi connectivity index (χ2n) is 7.72. The molecule has 1 aliphatic rings. The molecule has 0 aromatic heterocycles. The standard InChI is InChI=1S/C26H20BrClN2O6/c1-3-34-23-13-17(11-20(27)24(23)35-14-16-6-4-7-18(28)10-16)12-21-26(31)36-25(29-21)19-8-5-9-22(15(19)2)30(32)33/h4-13H,3,14H2,1-2H3/b21-12-. The van der Waals surface area contributed by atoms with Crippen LogP contribution in [0.3, 0.4) is 0 Å². The minimum absolute atomic E-state index is 0.0121. The molecule has 36 heavy (non-hydrogen) atoms. The van der Waals surface area contributed by atoms with Gasteiger partial charge in [-0.05, 0) is 77.3 Å². The molecule has 0 amide bonds. The Hall–Kier alpha value is -3.69. The molecule has 1 heterocycles. The van der Waals surface area contributed by atoms with Crippen molar-refractivity contribution in [3.63, 3.8) is 0 Å². The smallest absolute Gasteiger partial charge is 0.363 e. The van der Waals surface area contributed by atoms with Gasteiger partial charge < -0.3 is 14.2 Å². The zero-order valence-electron chi connectivity index (χ0n) is 19.3. The van der Waals surface area contributed by atoms with Crippen LogP contribution in [0.4, 0.5) is 5.69 Å². The van der Waals surface area contributed by atoms with Gasteiger partial charge in [-0.2, -0.15) is 0 Å². The molecule has 0 N–H and O–H groups in total. The number of nitro groups is 1. The van der Waals surface area contributed by atoms with E-state index in [-0.39, 0.29) is 23.9 Å².